The maximum atomic E-state index is 12.6. The Morgan fingerprint density at radius 2 is 1.96 bits per heavy atom. The summed E-state index contributed by atoms with van der Waals surface area (Å²) in [5.41, 5.74) is 7.97. The van der Waals surface area contributed by atoms with Crippen LogP contribution in [0, 0.1) is 0 Å². The molecule has 0 unspecified atom stereocenters. The number of methoxy groups -OCH3 is 1. The number of hydrogen-bond donors (Lipinski definition) is 1. The number of rotatable bonds is 3. The smallest absolute Gasteiger partial charge is 0.294 e. The average Bonchev–Trinajstić information content (AvgIpc) is 2.57. The molecule has 23 heavy (non-hydrogen) atoms. The average molecular weight is 310 g/mol. The Labute approximate surface area is 134 Å². The van der Waals surface area contributed by atoms with Crippen LogP contribution in [0.2, 0.25) is 0 Å². The van der Waals surface area contributed by atoms with Crippen molar-refractivity contribution in [2.24, 2.45) is 0 Å². The van der Waals surface area contributed by atoms with Gasteiger partial charge in [-0.3, -0.25) is 4.79 Å². The van der Waals surface area contributed by atoms with Crippen molar-refractivity contribution in [3.8, 4) is 11.5 Å². The minimum absolute atomic E-state index is 0.179. The van der Waals surface area contributed by atoms with Crippen LogP contribution in [0.4, 0.5) is 11.4 Å². The predicted molar refractivity (Wildman–Crippen MR) is 90.5 cm³/mol. The first-order chi connectivity index (χ1) is 11.1. The zero-order chi connectivity index (χ0) is 16.4. The highest BCUT2D eigenvalue weighted by atomic mass is 16.5. The van der Waals surface area contributed by atoms with Gasteiger partial charge in [-0.2, -0.15) is 0 Å². The summed E-state index contributed by atoms with van der Waals surface area (Å²) < 4.78 is 10.9. The van der Waals surface area contributed by atoms with E-state index in [0.717, 1.165) is 11.3 Å². The van der Waals surface area contributed by atoms with Crippen LogP contribution in [0.1, 0.15) is 12.5 Å². The van der Waals surface area contributed by atoms with E-state index >= 15 is 0 Å². The second-order valence-corrected chi connectivity index (χ2v) is 5.16. The molecule has 5 nitrogen and oxygen atoms in total. The molecule has 0 saturated heterocycles. The Morgan fingerprint density at radius 1 is 1.22 bits per heavy atom. The SMILES string of the molecule is CCN1C(=O)/C(=C\c2ccc(OC)cc2)Oc2ccc(N)cc21. The van der Waals surface area contributed by atoms with E-state index in [9.17, 15) is 4.79 Å². The van der Waals surface area contributed by atoms with Crippen LogP contribution in [-0.4, -0.2) is 19.6 Å². The summed E-state index contributed by atoms with van der Waals surface area (Å²) in [7, 11) is 1.61. The van der Waals surface area contributed by atoms with E-state index in [4.69, 9.17) is 15.2 Å². The van der Waals surface area contributed by atoms with E-state index in [1.165, 1.54) is 0 Å². The van der Waals surface area contributed by atoms with Crippen molar-refractivity contribution in [2.75, 3.05) is 24.3 Å². The summed E-state index contributed by atoms with van der Waals surface area (Å²) in [4.78, 5) is 14.3. The number of benzene rings is 2. The molecular formula is C18H18N2O3. The van der Waals surface area contributed by atoms with Crippen molar-refractivity contribution in [3.63, 3.8) is 0 Å². The molecule has 0 atom stereocenters. The third-order valence-corrected chi connectivity index (χ3v) is 3.68. The largest absolute Gasteiger partial charge is 0.497 e. The summed E-state index contributed by atoms with van der Waals surface area (Å²) in [6.07, 6.45) is 1.73. The number of likely N-dealkylation sites (N-methyl/N-ethyl adjacent to an activating group) is 1. The highest BCUT2D eigenvalue weighted by Crippen LogP contribution is 2.37. The lowest BCUT2D eigenvalue weighted by molar-refractivity contribution is -0.117. The molecule has 0 spiro atoms. The quantitative estimate of drug-likeness (QED) is 0.699. The molecule has 0 radical (unpaired) electrons. The summed E-state index contributed by atoms with van der Waals surface area (Å²) in [6.45, 7) is 2.46. The minimum atomic E-state index is -0.179. The molecule has 5 heteroatoms. The summed E-state index contributed by atoms with van der Waals surface area (Å²) in [6, 6.07) is 12.7. The Kier molecular flexibility index (Phi) is 3.93. The van der Waals surface area contributed by atoms with Crippen LogP contribution >= 0.6 is 0 Å². The molecule has 118 valence electrons. The van der Waals surface area contributed by atoms with Crippen LogP contribution in [0.15, 0.2) is 48.2 Å². The third-order valence-electron chi connectivity index (χ3n) is 3.68. The number of fused-ring (bicyclic) bond motifs is 1. The fourth-order valence-corrected chi connectivity index (χ4v) is 2.49. The summed E-state index contributed by atoms with van der Waals surface area (Å²) in [5.74, 6) is 1.50. The number of nitrogen functional groups attached to an aromatic ring is 1. The molecule has 1 amide bonds. The predicted octanol–water partition coefficient (Wildman–Crippen LogP) is 3.06. The van der Waals surface area contributed by atoms with E-state index in [-0.39, 0.29) is 11.7 Å². The van der Waals surface area contributed by atoms with Crippen LogP contribution in [0.5, 0.6) is 11.5 Å². The summed E-state index contributed by atoms with van der Waals surface area (Å²) in [5, 5.41) is 0. The number of ether oxygens (including phenoxy) is 2. The van der Waals surface area contributed by atoms with Crippen molar-refractivity contribution >= 4 is 23.4 Å². The molecular weight excluding hydrogens is 292 g/mol. The van der Waals surface area contributed by atoms with Gasteiger partial charge < -0.3 is 20.1 Å². The molecule has 1 heterocycles. The van der Waals surface area contributed by atoms with Gasteiger partial charge in [0.05, 0.1) is 12.8 Å². The molecule has 1 aliphatic rings. The second kappa shape index (κ2) is 6.04. The zero-order valence-electron chi connectivity index (χ0n) is 13.1. The van der Waals surface area contributed by atoms with Gasteiger partial charge in [-0.05, 0) is 48.9 Å². The normalized spacial score (nSPS) is 15.3. The number of nitrogens with zero attached hydrogens (tertiary/aromatic N) is 1. The van der Waals surface area contributed by atoms with E-state index < -0.39 is 0 Å². The number of anilines is 2. The van der Waals surface area contributed by atoms with Gasteiger partial charge in [0.25, 0.3) is 5.91 Å². The first-order valence-electron chi connectivity index (χ1n) is 7.37. The van der Waals surface area contributed by atoms with E-state index in [2.05, 4.69) is 0 Å². The van der Waals surface area contributed by atoms with Gasteiger partial charge in [-0.1, -0.05) is 12.1 Å². The van der Waals surface area contributed by atoms with Crippen LogP contribution in [0.25, 0.3) is 6.08 Å². The van der Waals surface area contributed by atoms with Crippen molar-refractivity contribution in [3.05, 3.63) is 53.8 Å². The summed E-state index contributed by atoms with van der Waals surface area (Å²) >= 11 is 0. The maximum absolute atomic E-state index is 12.6. The Bertz CT molecular complexity index is 766. The molecule has 2 aromatic rings. The fourth-order valence-electron chi connectivity index (χ4n) is 2.49. The Hall–Kier alpha value is -2.95. The molecule has 2 N–H and O–H groups in total. The lowest BCUT2D eigenvalue weighted by Crippen LogP contribution is -2.37. The molecule has 0 aliphatic carbocycles. The highest BCUT2D eigenvalue weighted by Gasteiger charge is 2.29. The van der Waals surface area contributed by atoms with Gasteiger partial charge in [0.2, 0.25) is 0 Å². The molecule has 0 bridgehead atoms. The number of carbonyl (C=O) groups is 1. The van der Waals surface area contributed by atoms with Gasteiger partial charge in [0.15, 0.2) is 11.5 Å². The van der Waals surface area contributed by atoms with Crippen molar-refractivity contribution in [2.45, 2.75) is 6.92 Å². The van der Waals surface area contributed by atoms with Crippen LogP contribution in [-0.2, 0) is 4.79 Å². The van der Waals surface area contributed by atoms with E-state index in [0.29, 0.717) is 23.7 Å². The first kappa shape index (κ1) is 15.0. The third kappa shape index (κ3) is 2.85. The van der Waals surface area contributed by atoms with Gasteiger partial charge in [0.1, 0.15) is 5.75 Å². The molecule has 0 aromatic heterocycles. The maximum Gasteiger partial charge on any atom is 0.294 e. The van der Waals surface area contributed by atoms with Gasteiger partial charge in [-0.15, -0.1) is 0 Å². The lowest BCUT2D eigenvalue weighted by atomic mass is 10.1. The van der Waals surface area contributed by atoms with E-state index in [1.807, 2.05) is 31.2 Å². The van der Waals surface area contributed by atoms with Crippen molar-refractivity contribution in [1.29, 1.82) is 0 Å². The molecule has 1 aliphatic heterocycles. The highest BCUT2D eigenvalue weighted by molar-refractivity contribution is 6.10. The van der Waals surface area contributed by atoms with Gasteiger partial charge >= 0.3 is 0 Å². The lowest BCUT2D eigenvalue weighted by Gasteiger charge is -2.29. The molecule has 3 rings (SSSR count). The topological polar surface area (TPSA) is 64.8 Å². The number of carbonyl (C=O) groups excluding carboxylic acids is 1. The van der Waals surface area contributed by atoms with Gasteiger partial charge in [0, 0.05) is 12.2 Å². The molecule has 2 aromatic carbocycles. The van der Waals surface area contributed by atoms with Crippen molar-refractivity contribution < 1.29 is 14.3 Å². The molecule has 0 fully saturated rings. The second-order valence-electron chi connectivity index (χ2n) is 5.16. The standard InChI is InChI=1S/C18H18N2O3/c1-3-20-15-11-13(19)6-9-16(15)23-17(18(20)21)10-12-4-7-14(22-2)8-5-12/h4-11H,3,19H2,1-2H3/b17-10+. The molecule has 0 saturated carbocycles. The Morgan fingerprint density at radius 3 is 2.61 bits per heavy atom. The minimum Gasteiger partial charge on any atom is -0.497 e. The van der Waals surface area contributed by atoms with Gasteiger partial charge in [-0.25, -0.2) is 0 Å². The van der Waals surface area contributed by atoms with Crippen molar-refractivity contribution in [1.82, 2.24) is 0 Å². The van der Waals surface area contributed by atoms with Crippen LogP contribution in [0.3, 0.4) is 0 Å². The monoisotopic (exact) mass is 310 g/mol. The zero-order valence-corrected chi connectivity index (χ0v) is 13.1. The number of nitrogens with two attached hydrogens (primary N) is 1. The fraction of sp³-hybridized carbons (Fsp3) is 0.167. The first-order valence-corrected chi connectivity index (χ1v) is 7.37. The van der Waals surface area contributed by atoms with E-state index in [1.54, 1.807) is 36.3 Å². The Balaban J connectivity index is 1.98. The number of hydrogen-bond acceptors (Lipinski definition) is 4. The van der Waals surface area contributed by atoms with Crippen LogP contribution < -0.4 is 20.1 Å². The number of amides is 1.